The fourth-order valence-corrected chi connectivity index (χ4v) is 1.61. The Labute approximate surface area is 105 Å². The molecule has 17 heavy (non-hydrogen) atoms. The third-order valence-corrected chi connectivity index (χ3v) is 3.63. The van der Waals surface area contributed by atoms with E-state index < -0.39 is 10.8 Å². The molecule has 0 bridgehead atoms. The van der Waals surface area contributed by atoms with Crippen LogP contribution in [0.3, 0.4) is 0 Å². The SMILES string of the molecule is CCNc1cc(NCC(C)S(C)=O)nc(C)n1. The molecule has 0 aromatic carbocycles. The average molecular weight is 256 g/mol. The highest BCUT2D eigenvalue weighted by Crippen LogP contribution is 2.11. The minimum atomic E-state index is -0.820. The van der Waals surface area contributed by atoms with Gasteiger partial charge in [0.15, 0.2) is 0 Å². The van der Waals surface area contributed by atoms with Crippen molar-refractivity contribution in [3.63, 3.8) is 0 Å². The first-order chi connectivity index (χ1) is 8.02. The van der Waals surface area contributed by atoms with Crippen LogP contribution in [0.5, 0.6) is 0 Å². The number of hydrogen-bond acceptors (Lipinski definition) is 5. The van der Waals surface area contributed by atoms with E-state index in [9.17, 15) is 4.21 Å². The minimum Gasteiger partial charge on any atom is -0.370 e. The Morgan fingerprint density at radius 3 is 2.47 bits per heavy atom. The van der Waals surface area contributed by atoms with Crippen molar-refractivity contribution in [2.45, 2.75) is 26.0 Å². The first kappa shape index (κ1) is 13.9. The zero-order valence-corrected chi connectivity index (χ0v) is 11.6. The van der Waals surface area contributed by atoms with Crippen LogP contribution in [0, 0.1) is 6.92 Å². The van der Waals surface area contributed by atoms with E-state index in [2.05, 4.69) is 20.6 Å². The highest BCUT2D eigenvalue weighted by atomic mass is 32.2. The van der Waals surface area contributed by atoms with Crippen LogP contribution < -0.4 is 10.6 Å². The second kappa shape index (κ2) is 6.54. The molecule has 1 aromatic rings. The van der Waals surface area contributed by atoms with E-state index in [-0.39, 0.29) is 5.25 Å². The van der Waals surface area contributed by atoms with Crippen LogP contribution in [0.4, 0.5) is 11.6 Å². The molecule has 1 rings (SSSR count). The van der Waals surface area contributed by atoms with Crippen LogP contribution >= 0.6 is 0 Å². The summed E-state index contributed by atoms with van der Waals surface area (Å²) in [5, 5.41) is 6.43. The van der Waals surface area contributed by atoms with Crippen LogP contribution in [-0.4, -0.2) is 38.8 Å². The third kappa shape index (κ3) is 4.68. The van der Waals surface area contributed by atoms with Crippen LogP contribution in [0.1, 0.15) is 19.7 Å². The highest BCUT2D eigenvalue weighted by Gasteiger charge is 2.07. The summed E-state index contributed by atoms with van der Waals surface area (Å²) >= 11 is 0. The van der Waals surface area contributed by atoms with E-state index in [0.717, 1.165) is 24.0 Å². The van der Waals surface area contributed by atoms with Gasteiger partial charge in [0.2, 0.25) is 0 Å². The topological polar surface area (TPSA) is 66.9 Å². The molecule has 0 saturated carbocycles. The van der Waals surface area contributed by atoms with Crippen molar-refractivity contribution in [3.05, 3.63) is 11.9 Å². The number of aromatic nitrogens is 2. The van der Waals surface area contributed by atoms with Gasteiger partial charge in [0.05, 0.1) is 0 Å². The molecule has 0 aliphatic carbocycles. The van der Waals surface area contributed by atoms with Gasteiger partial charge in [-0.1, -0.05) is 0 Å². The average Bonchev–Trinajstić information content (AvgIpc) is 2.25. The lowest BCUT2D eigenvalue weighted by Gasteiger charge is -2.12. The lowest BCUT2D eigenvalue weighted by atomic mass is 10.4. The smallest absolute Gasteiger partial charge is 0.131 e. The molecule has 5 nitrogen and oxygen atoms in total. The van der Waals surface area contributed by atoms with Gasteiger partial charge in [-0.25, -0.2) is 9.97 Å². The van der Waals surface area contributed by atoms with Gasteiger partial charge in [0, 0.05) is 41.5 Å². The van der Waals surface area contributed by atoms with Crippen molar-refractivity contribution in [1.82, 2.24) is 9.97 Å². The summed E-state index contributed by atoms with van der Waals surface area (Å²) in [5.41, 5.74) is 0. The predicted octanol–water partition coefficient (Wildman–Crippen LogP) is 1.40. The van der Waals surface area contributed by atoms with Gasteiger partial charge in [-0.05, 0) is 20.8 Å². The second-order valence-corrected chi connectivity index (χ2v) is 5.71. The largest absolute Gasteiger partial charge is 0.370 e. The van der Waals surface area contributed by atoms with Crippen molar-refractivity contribution < 1.29 is 4.21 Å². The Morgan fingerprint density at radius 1 is 1.35 bits per heavy atom. The maximum atomic E-state index is 11.2. The molecule has 1 heterocycles. The molecule has 2 atom stereocenters. The molecule has 2 unspecified atom stereocenters. The molecule has 0 fully saturated rings. The molecule has 0 saturated heterocycles. The maximum Gasteiger partial charge on any atom is 0.131 e. The van der Waals surface area contributed by atoms with Gasteiger partial charge in [0.1, 0.15) is 17.5 Å². The number of aryl methyl sites for hydroxylation is 1. The lowest BCUT2D eigenvalue weighted by Crippen LogP contribution is -2.21. The van der Waals surface area contributed by atoms with Crippen LogP contribution in [0.2, 0.25) is 0 Å². The van der Waals surface area contributed by atoms with Gasteiger partial charge >= 0.3 is 0 Å². The van der Waals surface area contributed by atoms with Crippen molar-refractivity contribution in [1.29, 1.82) is 0 Å². The van der Waals surface area contributed by atoms with Gasteiger partial charge in [-0.3, -0.25) is 4.21 Å². The third-order valence-electron chi connectivity index (χ3n) is 2.33. The summed E-state index contributed by atoms with van der Waals surface area (Å²) in [7, 11) is -0.820. The molecule has 6 heteroatoms. The molecular weight excluding hydrogens is 236 g/mol. The summed E-state index contributed by atoms with van der Waals surface area (Å²) in [6.45, 7) is 7.29. The first-order valence-corrected chi connectivity index (χ1v) is 7.30. The normalized spacial score (nSPS) is 14.1. The molecule has 0 spiro atoms. The van der Waals surface area contributed by atoms with Crippen LogP contribution in [0.15, 0.2) is 6.07 Å². The summed E-state index contributed by atoms with van der Waals surface area (Å²) in [6, 6.07) is 1.86. The fourth-order valence-electron chi connectivity index (χ4n) is 1.30. The molecular formula is C11H20N4OS. The van der Waals surface area contributed by atoms with Gasteiger partial charge in [0.25, 0.3) is 0 Å². The first-order valence-electron chi connectivity index (χ1n) is 5.68. The predicted molar refractivity (Wildman–Crippen MR) is 73.0 cm³/mol. The quantitative estimate of drug-likeness (QED) is 0.805. The zero-order chi connectivity index (χ0) is 12.8. The van der Waals surface area contributed by atoms with Crippen LogP contribution in [-0.2, 0) is 10.8 Å². The summed E-state index contributed by atoms with van der Waals surface area (Å²) in [4.78, 5) is 8.55. The summed E-state index contributed by atoms with van der Waals surface area (Å²) in [6.07, 6.45) is 1.71. The van der Waals surface area contributed by atoms with Gasteiger partial charge in [-0.2, -0.15) is 0 Å². The summed E-state index contributed by atoms with van der Waals surface area (Å²) < 4.78 is 11.2. The Kier molecular flexibility index (Phi) is 5.34. The monoisotopic (exact) mass is 256 g/mol. The van der Waals surface area contributed by atoms with E-state index in [4.69, 9.17) is 0 Å². The van der Waals surface area contributed by atoms with Crippen molar-refractivity contribution >= 4 is 22.4 Å². The minimum absolute atomic E-state index is 0.104. The van der Waals surface area contributed by atoms with E-state index in [1.807, 2.05) is 26.8 Å². The zero-order valence-electron chi connectivity index (χ0n) is 10.8. The van der Waals surface area contributed by atoms with E-state index >= 15 is 0 Å². The van der Waals surface area contributed by atoms with E-state index in [1.165, 1.54) is 0 Å². The molecule has 0 aliphatic heterocycles. The Hall–Kier alpha value is -1.17. The van der Waals surface area contributed by atoms with Crippen LogP contribution in [0.25, 0.3) is 0 Å². The highest BCUT2D eigenvalue weighted by molar-refractivity contribution is 7.84. The summed E-state index contributed by atoms with van der Waals surface area (Å²) in [5.74, 6) is 2.30. The molecule has 0 amide bonds. The Morgan fingerprint density at radius 2 is 1.94 bits per heavy atom. The molecule has 1 aromatic heterocycles. The van der Waals surface area contributed by atoms with Gasteiger partial charge < -0.3 is 10.6 Å². The van der Waals surface area contributed by atoms with Crippen molar-refractivity contribution in [2.24, 2.45) is 0 Å². The maximum absolute atomic E-state index is 11.2. The Bertz CT molecular complexity index is 397. The lowest BCUT2D eigenvalue weighted by molar-refractivity contribution is 0.678. The second-order valence-electron chi connectivity index (χ2n) is 3.91. The number of anilines is 2. The molecule has 96 valence electrons. The van der Waals surface area contributed by atoms with E-state index in [1.54, 1.807) is 6.26 Å². The number of rotatable bonds is 6. The standard InChI is InChI=1S/C11H20N4OS/c1-5-12-10-6-11(15-9(3)14-10)13-7-8(2)17(4)16/h6,8H,5,7H2,1-4H3,(H2,12,13,14,15). The molecule has 2 N–H and O–H groups in total. The Balaban J connectivity index is 2.67. The van der Waals surface area contributed by atoms with Crippen molar-refractivity contribution in [3.8, 4) is 0 Å². The molecule has 0 aliphatic rings. The number of nitrogens with one attached hydrogen (secondary N) is 2. The fraction of sp³-hybridized carbons (Fsp3) is 0.636. The number of hydrogen-bond donors (Lipinski definition) is 2. The van der Waals surface area contributed by atoms with Crippen molar-refractivity contribution in [2.75, 3.05) is 30.0 Å². The molecule has 0 radical (unpaired) electrons. The van der Waals surface area contributed by atoms with E-state index in [0.29, 0.717) is 6.54 Å². The number of nitrogens with zero attached hydrogens (tertiary/aromatic N) is 2. The van der Waals surface area contributed by atoms with Gasteiger partial charge in [-0.15, -0.1) is 0 Å².